The summed E-state index contributed by atoms with van der Waals surface area (Å²) in [6.45, 7) is 1.62. The van der Waals surface area contributed by atoms with Gasteiger partial charge in [-0.15, -0.1) is 11.3 Å². The quantitative estimate of drug-likeness (QED) is 0.906. The van der Waals surface area contributed by atoms with Crippen molar-refractivity contribution in [3.63, 3.8) is 0 Å². The summed E-state index contributed by atoms with van der Waals surface area (Å²) < 4.78 is 6.91. The van der Waals surface area contributed by atoms with Crippen molar-refractivity contribution in [3.8, 4) is 0 Å². The summed E-state index contributed by atoms with van der Waals surface area (Å²) in [5.41, 5.74) is 1.38. The monoisotopic (exact) mass is 359 g/mol. The number of hydrogen-bond donors (Lipinski definition) is 1. The fraction of sp³-hybridized carbons (Fsp3) is 0.429. The summed E-state index contributed by atoms with van der Waals surface area (Å²) in [6, 6.07) is 1.55. The molecule has 1 unspecified atom stereocenters. The number of aromatic nitrogens is 2. The Morgan fingerprint density at radius 1 is 1.59 bits per heavy atom. The number of nitrogens with zero attached hydrogens (tertiary/aromatic N) is 2. The molecule has 5 nitrogen and oxygen atoms in total. The molecule has 0 aliphatic carbocycles. The normalized spacial score (nSPS) is 17.9. The lowest BCUT2D eigenvalue weighted by molar-refractivity contribution is 0.101. The van der Waals surface area contributed by atoms with Crippen LogP contribution in [-0.2, 0) is 18.2 Å². The number of anilines is 1. The Balaban J connectivity index is 1.66. The largest absolute Gasteiger partial charge is 0.381 e. The Morgan fingerprint density at radius 2 is 2.41 bits per heavy atom. The first-order chi connectivity index (χ1) is 10.5. The van der Waals surface area contributed by atoms with Gasteiger partial charge in [0.25, 0.3) is 5.91 Å². The van der Waals surface area contributed by atoms with E-state index in [0.717, 1.165) is 31.7 Å². The van der Waals surface area contributed by atoms with Crippen LogP contribution in [0.2, 0.25) is 10.2 Å². The molecule has 3 rings (SSSR count). The molecule has 0 spiro atoms. The zero-order chi connectivity index (χ0) is 15.7. The fourth-order valence-corrected chi connectivity index (χ4v) is 3.51. The van der Waals surface area contributed by atoms with E-state index in [9.17, 15) is 4.79 Å². The van der Waals surface area contributed by atoms with Crippen LogP contribution in [0.15, 0.2) is 11.4 Å². The summed E-state index contributed by atoms with van der Waals surface area (Å²) >= 11 is 13.3. The van der Waals surface area contributed by atoms with E-state index < -0.39 is 0 Å². The maximum Gasteiger partial charge on any atom is 0.274 e. The number of carbonyl (C=O) groups is 1. The number of carbonyl (C=O) groups excluding carboxylic acids is 1. The minimum Gasteiger partial charge on any atom is -0.381 e. The second-order valence-corrected chi connectivity index (χ2v) is 6.88. The molecule has 118 valence electrons. The molecule has 0 radical (unpaired) electrons. The lowest BCUT2D eigenvalue weighted by Gasteiger charge is -2.04. The van der Waals surface area contributed by atoms with E-state index in [2.05, 4.69) is 10.3 Å². The van der Waals surface area contributed by atoms with Crippen LogP contribution in [0.4, 0.5) is 5.13 Å². The minimum atomic E-state index is -0.276. The molecule has 2 aromatic heterocycles. The molecule has 1 aliphatic heterocycles. The number of rotatable bonds is 4. The number of hydrogen-bond acceptors (Lipinski definition) is 4. The molecule has 0 saturated carbocycles. The summed E-state index contributed by atoms with van der Waals surface area (Å²) in [4.78, 5) is 16.7. The van der Waals surface area contributed by atoms with Crippen molar-refractivity contribution in [2.45, 2.75) is 12.8 Å². The average Bonchev–Trinajstić information content (AvgIpc) is 3.19. The molecule has 1 atom stereocenters. The zero-order valence-corrected chi connectivity index (χ0v) is 14.3. The molecule has 2 aromatic rings. The van der Waals surface area contributed by atoms with E-state index in [4.69, 9.17) is 27.9 Å². The van der Waals surface area contributed by atoms with Gasteiger partial charge in [0.05, 0.1) is 10.7 Å². The van der Waals surface area contributed by atoms with Crippen LogP contribution in [-0.4, -0.2) is 28.7 Å². The molecule has 0 bridgehead atoms. The van der Waals surface area contributed by atoms with Gasteiger partial charge in [-0.25, -0.2) is 4.98 Å². The van der Waals surface area contributed by atoms with Crippen LogP contribution >= 0.6 is 34.5 Å². The van der Waals surface area contributed by atoms with Crippen LogP contribution in [0, 0.1) is 5.92 Å². The Bertz CT molecular complexity index is 692. The lowest BCUT2D eigenvalue weighted by Crippen LogP contribution is -2.15. The summed E-state index contributed by atoms with van der Waals surface area (Å²) in [5.74, 6) is 0.248. The highest BCUT2D eigenvalue weighted by molar-refractivity contribution is 7.14. The van der Waals surface area contributed by atoms with Crippen LogP contribution in [0.5, 0.6) is 0 Å². The Labute approximate surface area is 142 Å². The third kappa shape index (κ3) is 3.30. The lowest BCUT2D eigenvalue weighted by atomic mass is 10.0. The molecule has 3 heterocycles. The summed E-state index contributed by atoms with van der Waals surface area (Å²) in [7, 11) is 1.69. The van der Waals surface area contributed by atoms with E-state index in [1.54, 1.807) is 17.7 Å². The van der Waals surface area contributed by atoms with Crippen LogP contribution in [0.1, 0.15) is 22.6 Å². The first-order valence-electron chi connectivity index (χ1n) is 6.89. The highest BCUT2D eigenvalue weighted by Crippen LogP contribution is 2.26. The van der Waals surface area contributed by atoms with Crippen molar-refractivity contribution >= 4 is 45.6 Å². The van der Waals surface area contributed by atoms with Gasteiger partial charge in [-0.05, 0) is 24.8 Å². The summed E-state index contributed by atoms with van der Waals surface area (Å²) in [5, 5.41) is 6.03. The van der Waals surface area contributed by atoms with Crippen molar-refractivity contribution in [2.24, 2.45) is 13.0 Å². The van der Waals surface area contributed by atoms with Crippen molar-refractivity contribution in [1.82, 2.24) is 9.55 Å². The van der Waals surface area contributed by atoms with Gasteiger partial charge in [0, 0.05) is 25.6 Å². The molecular weight excluding hydrogens is 345 g/mol. The van der Waals surface area contributed by atoms with Crippen molar-refractivity contribution in [2.75, 3.05) is 18.5 Å². The standard InChI is InChI=1S/C14H15Cl2N3O2S/c1-19-11(5-10(15)12(19)16)13(20)18-14-17-9(7-22-14)4-8-2-3-21-6-8/h5,7-8H,2-4,6H2,1H3,(H,17,18,20). The van der Waals surface area contributed by atoms with E-state index >= 15 is 0 Å². The highest BCUT2D eigenvalue weighted by atomic mass is 35.5. The Hall–Kier alpha value is -1.08. The van der Waals surface area contributed by atoms with Gasteiger partial charge in [-0.2, -0.15) is 0 Å². The third-order valence-electron chi connectivity index (χ3n) is 3.64. The Morgan fingerprint density at radius 3 is 3.05 bits per heavy atom. The van der Waals surface area contributed by atoms with Crippen molar-refractivity contribution in [1.29, 1.82) is 0 Å². The predicted molar refractivity (Wildman–Crippen MR) is 88.1 cm³/mol. The van der Waals surface area contributed by atoms with E-state index in [-0.39, 0.29) is 5.91 Å². The van der Waals surface area contributed by atoms with Crippen molar-refractivity contribution in [3.05, 3.63) is 33.0 Å². The van der Waals surface area contributed by atoms with Gasteiger partial charge in [0.2, 0.25) is 0 Å². The first kappa shape index (κ1) is 15.8. The molecule has 1 aliphatic rings. The van der Waals surface area contributed by atoms with E-state index in [1.807, 2.05) is 5.38 Å². The number of thiazole rings is 1. The van der Waals surface area contributed by atoms with Crippen LogP contribution in [0.3, 0.4) is 0 Å². The van der Waals surface area contributed by atoms with Gasteiger partial charge in [-0.1, -0.05) is 23.2 Å². The van der Waals surface area contributed by atoms with Gasteiger partial charge < -0.3 is 9.30 Å². The maximum absolute atomic E-state index is 12.3. The topological polar surface area (TPSA) is 56.2 Å². The molecule has 1 amide bonds. The first-order valence-corrected chi connectivity index (χ1v) is 8.52. The molecule has 1 N–H and O–H groups in total. The predicted octanol–water partition coefficient (Wildman–Crippen LogP) is 3.62. The number of halogens is 2. The zero-order valence-electron chi connectivity index (χ0n) is 11.9. The molecular formula is C14H15Cl2N3O2S. The number of nitrogens with one attached hydrogen (secondary N) is 1. The molecule has 22 heavy (non-hydrogen) atoms. The van der Waals surface area contributed by atoms with Crippen LogP contribution in [0.25, 0.3) is 0 Å². The SMILES string of the molecule is Cn1c(C(=O)Nc2nc(CC3CCOC3)cs2)cc(Cl)c1Cl. The molecule has 0 aromatic carbocycles. The van der Waals surface area contributed by atoms with Crippen LogP contribution < -0.4 is 5.32 Å². The molecule has 8 heteroatoms. The average molecular weight is 360 g/mol. The Kier molecular flexibility index (Phi) is 4.73. The van der Waals surface area contributed by atoms with E-state index in [1.165, 1.54) is 11.3 Å². The summed E-state index contributed by atoms with van der Waals surface area (Å²) in [6.07, 6.45) is 1.95. The van der Waals surface area contributed by atoms with Gasteiger partial charge in [0.1, 0.15) is 10.8 Å². The second kappa shape index (κ2) is 6.58. The fourth-order valence-electron chi connectivity index (χ4n) is 2.42. The number of ether oxygens (including phenoxy) is 1. The highest BCUT2D eigenvalue weighted by Gasteiger charge is 2.19. The number of amides is 1. The van der Waals surface area contributed by atoms with E-state index in [0.29, 0.717) is 26.9 Å². The second-order valence-electron chi connectivity index (χ2n) is 5.26. The van der Waals surface area contributed by atoms with Gasteiger partial charge >= 0.3 is 0 Å². The minimum absolute atomic E-state index is 0.276. The molecule has 1 saturated heterocycles. The van der Waals surface area contributed by atoms with Gasteiger partial charge in [0.15, 0.2) is 5.13 Å². The van der Waals surface area contributed by atoms with Crippen molar-refractivity contribution < 1.29 is 9.53 Å². The van der Waals surface area contributed by atoms with Gasteiger partial charge in [-0.3, -0.25) is 10.1 Å². The molecule has 1 fully saturated rings. The third-order valence-corrected chi connectivity index (χ3v) is 5.29. The maximum atomic E-state index is 12.3. The smallest absolute Gasteiger partial charge is 0.274 e.